The molecule has 0 saturated carbocycles. The summed E-state index contributed by atoms with van der Waals surface area (Å²) in [6.45, 7) is 4.58. The van der Waals surface area contributed by atoms with Crippen LogP contribution in [0.2, 0.25) is 0 Å². The topological polar surface area (TPSA) is 105 Å². The van der Waals surface area contributed by atoms with Gasteiger partial charge in [0.1, 0.15) is 5.69 Å². The lowest BCUT2D eigenvalue weighted by molar-refractivity contribution is 0.0712. The minimum absolute atomic E-state index is 0.0726. The molecule has 0 aliphatic carbocycles. The fraction of sp³-hybridized carbons (Fsp3) is 0.429. The summed E-state index contributed by atoms with van der Waals surface area (Å²) in [4.78, 5) is 35.3. The van der Waals surface area contributed by atoms with Gasteiger partial charge in [-0.15, -0.1) is 0 Å². The largest absolute Gasteiger partial charge is 0.471 e. The van der Waals surface area contributed by atoms with Crippen molar-refractivity contribution < 1.29 is 28.2 Å². The number of aliphatic hydroxyl groups excluding tert-OH is 1. The molecule has 3 heterocycles. The third kappa shape index (κ3) is 4.96. The number of nitrogens with zero attached hydrogens (tertiary/aromatic N) is 3. The Morgan fingerprint density at radius 3 is 2.74 bits per heavy atom. The Labute approximate surface area is 178 Å². The summed E-state index contributed by atoms with van der Waals surface area (Å²) in [6, 6.07) is 2.92. The molecule has 1 aliphatic heterocycles. The van der Waals surface area contributed by atoms with E-state index >= 15 is 0 Å². The van der Waals surface area contributed by atoms with Crippen LogP contribution in [-0.2, 0) is 6.54 Å². The van der Waals surface area contributed by atoms with Crippen LogP contribution in [0.25, 0.3) is 0 Å². The van der Waals surface area contributed by atoms with Crippen LogP contribution in [0, 0.1) is 6.92 Å². The van der Waals surface area contributed by atoms with Gasteiger partial charge in [0.05, 0.1) is 12.1 Å². The molecule has 0 spiro atoms. The molecular weight excluding hydrogens is 410 g/mol. The predicted molar refractivity (Wildman–Crippen MR) is 107 cm³/mol. The maximum absolute atomic E-state index is 13.0. The van der Waals surface area contributed by atoms with Gasteiger partial charge in [-0.3, -0.25) is 14.6 Å². The van der Waals surface area contributed by atoms with Gasteiger partial charge in [-0.25, -0.2) is 13.8 Å². The maximum atomic E-state index is 13.0. The van der Waals surface area contributed by atoms with Gasteiger partial charge in [-0.1, -0.05) is 0 Å². The van der Waals surface area contributed by atoms with Crippen molar-refractivity contribution >= 4 is 11.8 Å². The second kappa shape index (κ2) is 9.34. The number of amides is 2. The number of aryl methyl sites for hydroxylation is 1. The van der Waals surface area contributed by atoms with Crippen molar-refractivity contribution in [2.75, 3.05) is 13.2 Å². The van der Waals surface area contributed by atoms with Gasteiger partial charge in [0.2, 0.25) is 5.88 Å². The average Bonchev–Trinajstić information content (AvgIpc) is 3.07. The first-order chi connectivity index (χ1) is 14.7. The number of ether oxygens (including phenoxy) is 1. The van der Waals surface area contributed by atoms with Crippen molar-refractivity contribution in [2.45, 2.75) is 45.9 Å². The first-order valence-electron chi connectivity index (χ1n) is 9.81. The second-order valence-corrected chi connectivity index (χ2v) is 7.45. The van der Waals surface area contributed by atoms with Crippen LogP contribution in [-0.4, -0.2) is 57.5 Å². The van der Waals surface area contributed by atoms with E-state index in [1.165, 1.54) is 12.4 Å². The number of rotatable bonds is 8. The highest BCUT2D eigenvalue weighted by molar-refractivity contribution is 6.03. The van der Waals surface area contributed by atoms with Crippen LogP contribution in [0.1, 0.15) is 57.4 Å². The lowest BCUT2D eigenvalue weighted by atomic mass is 10.1. The molecule has 1 aliphatic rings. The molecule has 166 valence electrons. The second-order valence-electron chi connectivity index (χ2n) is 7.45. The van der Waals surface area contributed by atoms with Gasteiger partial charge in [0, 0.05) is 42.2 Å². The summed E-state index contributed by atoms with van der Waals surface area (Å²) in [6.07, 6.45) is -0.407. The Morgan fingerprint density at radius 2 is 2.10 bits per heavy atom. The third-order valence-electron chi connectivity index (χ3n) is 5.00. The fourth-order valence-corrected chi connectivity index (χ4v) is 3.37. The van der Waals surface area contributed by atoms with E-state index in [0.717, 1.165) is 0 Å². The van der Waals surface area contributed by atoms with Crippen LogP contribution in [0.5, 0.6) is 5.88 Å². The van der Waals surface area contributed by atoms with E-state index in [4.69, 9.17) is 4.74 Å². The summed E-state index contributed by atoms with van der Waals surface area (Å²) >= 11 is 0. The highest BCUT2D eigenvalue weighted by atomic mass is 19.3. The molecule has 2 aromatic heterocycles. The molecule has 8 nitrogen and oxygen atoms in total. The fourth-order valence-electron chi connectivity index (χ4n) is 3.37. The number of aromatic nitrogens is 2. The van der Waals surface area contributed by atoms with Crippen LogP contribution >= 0.6 is 0 Å². The first-order valence-corrected chi connectivity index (χ1v) is 9.81. The Bertz CT molecular complexity index is 984. The van der Waals surface area contributed by atoms with Crippen molar-refractivity contribution in [3.8, 4) is 5.88 Å². The van der Waals surface area contributed by atoms with E-state index in [2.05, 4.69) is 15.3 Å². The third-order valence-corrected chi connectivity index (χ3v) is 5.00. The summed E-state index contributed by atoms with van der Waals surface area (Å²) in [5.41, 5.74) is 2.34. The van der Waals surface area contributed by atoms with Crippen LogP contribution in [0.4, 0.5) is 8.78 Å². The molecule has 0 saturated heterocycles. The van der Waals surface area contributed by atoms with Crippen molar-refractivity contribution in [1.82, 2.24) is 20.2 Å². The van der Waals surface area contributed by atoms with Gasteiger partial charge in [-0.05, 0) is 38.5 Å². The normalized spacial score (nSPS) is 15.1. The van der Waals surface area contributed by atoms with Crippen molar-refractivity contribution in [2.24, 2.45) is 0 Å². The zero-order valence-electron chi connectivity index (χ0n) is 17.4. The number of fused-ring (bicyclic) bond motifs is 1. The number of aliphatic hydroxyl groups is 1. The van der Waals surface area contributed by atoms with Crippen LogP contribution in [0.3, 0.4) is 0 Å². The van der Waals surface area contributed by atoms with E-state index in [1.54, 1.807) is 30.9 Å². The van der Waals surface area contributed by atoms with Crippen LogP contribution in [0.15, 0.2) is 24.5 Å². The summed E-state index contributed by atoms with van der Waals surface area (Å²) in [7, 11) is 0. The highest BCUT2D eigenvalue weighted by Gasteiger charge is 2.35. The van der Waals surface area contributed by atoms with Gasteiger partial charge in [0.25, 0.3) is 18.2 Å². The molecule has 31 heavy (non-hydrogen) atoms. The number of hydrogen-bond donors (Lipinski definition) is 2. The minimum Gasteiger partial charge on any atom is -0.471 e. The molecule has 0 bridgehead atoms. The SMILES string of the molecule is Cc1cc(C(C)N2Cc3c(ccnc3C(=O)NC[C@H](C)O)C2=O)cnc1OCC(F)F. The monoisotopic (exact) mass is 434 g/mol. The molecule has 0 aromatic carbocycles. The number of pyridine rings is 2. The summed E-state index contributed by atoms with van der Waals surface area (Å²) < 4.78 is 29.7. The van der Waals surface area contributed by atoms with Crippen LogP contribution < -0.4 is 10.1 Å². The van der Waals surface area contributed by atoms with Gasteiger partial charge < -0.3 is 20.1 Å². The molecule has 3 rings (SSSR count). The van der Waals surface area contributed by atoms with Crippen molar-refractivity contribution in [3.63, 3.8) is 0 Å². The standard InChI is InChI=1S/C21H24F2N4O4/c1-11-6-14(8-26-20(11)31-10-17(22)23)13(3)27-9-16-15(21(27)30)4-5-24-18(16)19(29)25-7-12(2)28/h4-6,8,12-13,17,28H,7,9-10H2,1-3H3,(H,25,29)/t12-,13?/m0/s1. The number of carbonyl (C=O) groups excluding carboxylic acids is 2. The highest BCUT2D eigenvalue weighted by Crippen LogP contribution is 2.33. The Kier molecular flexibility index (Phi) is 6.79. The zero-order valence-corrected chi connectivity index (χ0v) is 17.4. The zero-order chi connectivity index (χ0) is 22.7. The molecule has 2 N–H and O–H groups in total. The number of alkyl halides is 2. The Hall–Kier alpha value is -3.14. The Morgan fingerprint density at radius 1 is 1.35 bits per heavy atom. The molecular formula is C21H24F2N4O4. The molecule has 2 amide bonds. The number of carbonyl (C=O) groups is 2. The molecule has 0 fully saturated rings. The number of hydrogen-bond acceptors (Lipinski definition) is 6. The molecule has 2 atom stereocenters. The van der Waals surface area contributed by atoms with E-state index in [9.17, 15) is 23.5 Å². The molecule has 1 unspecified atom stereocenters. The van der Waals surface area contributed by atoms with E-state index in [1.807, 2.05) is 6.92 Å². The smallest absolute Gasteiger partial charge is 0.272 e. The average molecular weight is 434 g/mol. The number of halogens is 2. The van der Waals surface area contributed by atoms with E-state index < -0.39 is 25.0 Å². The first kappa shape index (κ1) is 22.5. The maximum Gasteiger partial charge on any atom is 0.272 e. The summed E-state index contributed by atoms with van der Waals surface area (Å²) in [5.74, 6) is -0.586. The summed E-state index contributed by atoms with van der Waals surface area (Å²) in [5, 5.41) is 12.0. The molecule has 2 aromatic rings. The van der Waals surface area contributed by atoms with Crippen molar-refractivity contribution in [1.29, 1.82) is 0 Å². The number of nitrogens with one attached hydrogen (secondary N) is 1. The van der Waals surface area contributed by atoms with Gasteiger partial charge >= 0.3 is 0 Å². The van der Waals surface area contributed by atoms with Gasteiger partial charge in [0.15, 0.2) is 6.61 Å². The predicted octanol–water partition coefficient (Wildman–Crippen LogP) is 2.26. The Balaban J connectivity index is 1.79. The van der Waals surface area contributed by atoms with E-state index in [0.29, 0.717) is 22.3 Å². The lowest BCUT2D eigenvalue weighted by Crippen LogP contribution is -2.32. The quantitative estimate of drug-likeness (QED) is 0.661. The minimum atomic E-state index is -2.60. The van der Waals surface area contributed by atoms with E-state index in [-0.39, 0.29) is 36.6 Å². The lowest BCUT2D eigenvalue weighted by Gasteiger charge is -2.25. The van der Waals surface area contributed by atoms with Gasteiger partial charge in [-0.2, -0.15) is 0 Å². The molecule has 0 radical (unpaired) electrons. The van der Waals surface area contributed by atoms with Crippen molar-refractivity contribution in [3.05, 3.63) is 52.5 Å². The molecule has 10 heteroatoms.